The molecule has 504 valence electrons. The molecule has 0 aliphatic carbocycles. The van der Waals surface area contributed by atoms with Crippen molar-refractivity contribution < 1.29 is 0 Å². The lowest BCUT2D eigenvalue weighted by Crippen LogP contribution is -1.91. The number of hydrogen-bond acceptors (Lipinski definition) is 0. The first kappa shape index (κ1) is 64.8. The summed E-state index contributed by atoms with van der Waals surface area (Å²) >= 11 is 0. The van der Waals surface area contributed by atoms with Gasteiger partial charge in [-0.3, -0.25) is 0 Å². The molecule has 0 radical (unpaired) electrons. The van der Waals surface area contributed by atoms with E-state index in [9.17, 15) is 0 Å². The molecule has 0 fully saturated rings. The predicted molar refractivity (Wildman–Crippen MR) is 469 cm³/mol. The van der Waals surface area contributed by atoms with Crippen molar-refractivity contribution in [2.75, 3.05) is 0 Å². The Morgan fingerprint density at radius 1 is 0.111 bits per heavy atom. The molecule has 0 nitrogen and oxygen atoms in total. The van der Waals surface area contributed by atoms with Gasteiger partial charge in [-0.25, -0.2) is 0 Å². The lowest BCUT2D eigenvalue weighted by molar-refractivity contribution is 1.59. The van der Waals surface area contributed by atoms with E-state index in [0.29, 0.717) is 0 Å². The summed E-state index contributed by atoms with van der Waals surface area (Å²) in [5, 5.41) is 20.9. The van der Waals surface area contributed by atoms with Crippen molar-refractivity contribution in [2.24, 2.45) is 0 Å². The van der Waals surface area contributed by atoms with E-state index >= 15 is 0 Å². The molecule has 20 aromatic carbocycles. The van der Waals surface area contributed by atoms with Gasteiger partial charge in [-0.05, 0) is 222 Å². The standard InChI is InChI=1S/C60H40.C48H32/c1-3-11-41(12-4-1)23-25-43-15-7-17-49(39-43)45-27-31-47(32-28-45)51-35-37-57-56-22-10-20-54-52(36-38-58(60(54)56)55-21-9-19-53(51)59(55)57)48-33-29-46(30-34-48)50-18-8-16-44(40-50)26-24-42-13-5-2-6-14-42;1-3-11-33(12-4-1)23-25-35-15-7-17-37(31-35)39-27-29-45-44-22-10-20-42-40(28-30-46(48(42)44)43-21-9-19-41(39)47(43)45)38-18-8-16-36(32-38)26-24-34-13-5-2-6-14-34/h1-40H;1-32H/b2*25-23+,26-24+. The maximum atomic E-state index is 2.35. The number of rotatable bonds is 14. The van der Waals surface area contributed by atoms with Crippen molar-refractivity contribution >= 4 is 135 Å². The van der Waals surface area contributed by atoms with Crippen LogP contribution in [0.3, 0.4) is 0 Å². The zero-order chi connectivity index (χ0) is 71.7. The van der Waals surface area contributed by atoms with Gasteiger partial charge in [0.15, 0.2) is 0 Å². The van der Waals surface area contributed by atoms with Crippen LogP contribution in [0.25, 0.3) is 202 Å². The van der Waals surface area contributed by atoms with Crippen LogP contribution in [-0.2, 0) is 0 Å². The van der Waals surface area contributed by atoms with Gasteiger partial charge in [0.05, 0.1) is 0 Å². The summed E-state index contributed by atoms with van der Waals surface area (Å²) in [6.45, 7) is 0. The summed E-state index contributed by atoms with van der Waals surface area (Å²) in [4.78, 5) is 0. The molecule has 0 atom stereocenters. The minimum Gasteiger partial charge on any atom is -0.0622 e. The van der Waals surface area contributed by atoms with E-state index in [1.54, 1.807) is 0 Å². The Balaban J connectivity index is 0.000000151. The average Bonchev–Trinajstić information content (AvgIpc) is 0.715. The fraction of sp³-hybridized carbons (Fsp3) is 0. The van der Waals surface area contributed by atoms with Crippen LogP contribution in [0, 0.1) is 0 Å². The van der Waals surface area contributed by atoms with Gasteiger partial charge < -0.3 is 0 Å². The largest absolute Gasteiger partial charge is 0.0622 e. The third-order valence-corrected chi connectivity index (χ3v) is 21.6. The van der Waals surface area contributed by atoms with E-state index in [-0.39, 0.29) is 0 Å². The smallest absolute Gasteiger partial charge is 0.00201 e. The monoisotopic (exact) mass is 1370 g/mol. The highest BCUT2D eigenvalue weighted by molar-refractivity contribution is 6.37. The van der Waals surface area contributed by atoms with Crippen LogP contribution in [0.5, 0.6) is 0 Å². The van der Waals surface area contributed by atoms with Gasteiger partial charge in [0.2, 0.25) is 0 Å². The second-order valence-electron chi connectivity index (χ2n) is 28.2. The average molecular weight is 1370 g/mol. The predicted octanol–water partition coefficient (Wildman–Crippen LogP) is 30.2. The van der Waals surface area contributed by atoms with Crippen LogP contribution >= 0.6 is 0 Å². The van der Waals surface area contributed by atoms with E-state index in [1.807, 2.05) is 0 Å². The molecular formula is C108H72. The first-order chi connectivity index (χ1) is 53.5. The second-order valence-corrected chi connectivity index (χ2v) is 28.2. The fourth-order valence-electron chi connectivity index (χ4n) is 16.4. The third kappa shape index (κ3) is 12.6. The number of fused-ring (bicyclic) bond motifs is 4. The highest BCUT2D eigenvalue weighted by atomic mass is 14.2. The SMILES string of the molecule is C(=C\c1cccc(-c2ccc(-c3ccc4c5cccc6c(-c7ccc(-c8cccc(/C=C/c9ccccc9)c8)cc7)ccc(c7cccc3c74)c65)cc2)c1)/c1ccccc1.C(=C\c1cccc(-c2ccc3c4cccc5c(-c6cccc(/C=C/c7ccccc7)c6)ccc(c6cccc2c63)c54)c1)/c1ccccc1. The van der Waals surface area contributed by atoms with Crippen molar-refractivity contribution in [1.82, 2.24) is 0 Å². The van der Waals surface area contributed by atoms with Crippen molar-refractivity contribution in [3.8, 4) is 66.8 Å². The van der Waals surface area contributed by atoms with Crippen molar-refractivity contribution in [1.29, 1.82) is 0 Å². The molecule has 0 heterocycles. The van der Waals surface area contributed by atoms with Crippen LogP contribution in [0.1, 0.15) is 44.5 Å². The van der Waals surface area contributed by atoms with Gasteiger partial charge in [0, 0.05) is 0 Å². The Hall–Kier alpha value is -14.0. The van der Waals surface area contributed by atoms with E-state index in [0.717, 1.165) is 0 Å². The fourth-order valence-corrected chi connectivity index (χ4v) is 16.4. The molecule has 0 amide bonds. The van der Waals surface area contributed by atoms with Crippen LogP contribution in [0.2, 0.25) is 0 Å². The Morgan fingerprint density at radius 3 is 0.583 bits per heavy atom. The molecule has 0 saturated heterocycles. The quantitative estimate of drug-likeness (QED) is 0.0578. The summed E-state index contributed by atoms with van der Waals surface area (Å²) in [6.07, 6.45) is 17.5. The summed E-state index contributed by atoms with van der Waals surface area (Å²) in [5.74, 6) is 0. The van der Waals surface area contributed by atoms with Crippen molar-refractivity contribution in [3.05, 3.63) is 433 Å². The summed E-state index contributed by atoms with van der Waals surface area (Å²) < 4.78 is 0. The molecule has 0 aromatic heterocycles. The zero-order valence-electron chi connectivity index (χ0n) is 59.6. The van der Waals surface area contributed by atoms with Gasteiger partial charge in [0.25, 0.3) is 0 Å². The molecule has 20 aromatic rings. The van der Waals surface area contributed by atoms with Crippen LogP contribution < -0.4 is 0 Å². The normalized spacial score (nSPS) is 11.9. The Bertz CT molecular complexity index is 6380. The molecular weight excluding hydrogens is 1300 g/mol. The van der Waals surface area contributed by atoms with E-state index in [2.05, 4.69) is 437 Å². The number of hydrogen-bond donors (Lipinski definition) is 0. The minimum atomic E-state index is 1.19. The second kappa shape index (κ2) is 28.5. The van der Waals surface area contributed by atoms with Gasteiger partial charge in [0.1, 0.15) is 0 Å². The third-order valence-electron chi connectivity index (χ3n) is 21.6. The van der Waals surface area contributed by atoms with Crippen LogP contribution in [0.4, 0.5) is 0 Å². The molecule has 0 aliphatic rings. The van der Waals surface area contributed by atoms with Crippen LogP contribution in [-0.4, -0.2) is 0 Å². The van der Waals surface area contributed by atoms with E-state index in [4.69, 9.17) is 0 Å². The zero-order valence-corrected chi connectivity index (χ0v) is 59.6. The minimum absolute atomic E-state index is 1.19. The molecule has 0 unspecified atom stereocenters. The molecule has 0 bridgehead atoms. The van der Waals surface area contributed by atoms with E-state index in [1.165, 1.54) is 197 Å². The first-order valence-corrected chi connectivity index (χ1v) is 37.3. The first-order valence-electron chi connectivity index (χ1n) is 37.3. The lowest BCUT2D eigenvalue weighted by Gasteiger charge is -2.18. The van der Waals surface area contributed by atoms with E-state index < -0.39 is 0 Å². The summed E-state index contributed by atoms with van der Waals surface area (Å²) in [7, 11) is 0. The highest BCUT2D eigenvalue weighted by Crippen LogP contribution is 2.48. The Morgan fingerprint density at radius 2 is 0.306 bits per heavy atom. The molecule has 20 rings (SSSR count). The van der Waals surface area contributed by atoms with Gasteiger partial charge in [-0.1, -0.05) is 413 Å². The topological polar surface area (TPSA) is 0 Å². The lowest BCUT2D eigenvalue weighted by atomic mass is 9.85. The molecule has 0 aliphatic heterocycles. The maximum absolute atomic E-state index is 2.35. The Labute approximate surface area is 630 Å². The van der Waals surface area contributed by atoms with Crippen molar-refractivity contribution in [2.45, 2.75) is 0 Å². The highest BCUT2D eigenvalue weighted by Gasteiger charge is 2.20. The summed E-state index contributed by atoms with van der Waals surface area (Å²) in [5.41, 5.74) is 24.4. The molecule has 0 N–H and O–H groups in total. The molecule has 0 saturated carbocycles. The van der Waals surface area contributed by atoms with Gasteiger partial charge in [-0.15, -0.1) is 0 Å². The maximum Gasteiger partial charge on any atom is -0.00201 e. The molecule has 0 spiro atoms. The molecule has 0 heteroatoms. The van der Waals surface area contributed by atoms with Gasteiger partial charge in [-0.2, -0.15) is 0 Å². The van der Waals surface area contributed by atoms with Crippen molar-refractivity contribution in [3.63, 3.8) is 0 Å². The Kier molecular flexibility index (Phi) is 17.1. The van der Waals surface area contributed by atoms with Crippen LogP contribution in [0.15, 0.2) is 388 Å². The molecule has 108 heavy (non-hydrogen) atoms. The summed E-state index contributed by atoms with van der Waals surface area (Å²) in [6, 6.07) is 141. The number of benzene rings is 20. The van der Waals surface area contributed by atoms with Gasteiger partial charge >= 0.3 is 0 Å².